The summed E-state index contributed by atoms with van der Waals surface area (Å²) in [6.07, 6.45) is 2.55. The fourth-order valence-electron chi connectivity index (χ4n) is 3.67. The summed E-state index contributed by atoms with van der Waals surface area (Å²) in [6, 6.07) is 6.32. The van der Waals surface area contributed by atoms with Crippen LogP contribution in [-0.4, -0.2) is 34.1 Å². The van der Waals surface area contributed by atoms with Crippen LogP contribution in [-0.2, 0) is 0 Å². The van der Waals surface area contributed by atoms with E-state index in [0.717, 1.165) is 23.5 Å². The average molecular weight is 277 g/mol. The average Bonchev–Trinajstić information content (AvgIpc) is 2.75. The Bertz CT molecular complexity index is 628. The second-order valence-corrected chi connectivity index (χ2v) is 6.11. The highest BCUT2D eigenvalue weighted by Crippen LogP contribution is 2.38. The molecule has 0 radical (unpaired) electrons. The van der Waals surface area contributed by atoms with Crippen LogP contribution in [0.2, 0.25) is 5.02 Å². The molecule has 0 amide bonds. The summed E-state index contributed by atoms with van der Waals surface area (Å²) in [5.41, 5.74) is 8.17. The lowest BCUT2D eigenvalue weighted by atomic mass is 9.84. The van der Waals surface area contributed by atoms with E-state index in [0.29, 0.717) is 17.0 Å². The van der Waals surface area contributed by atoms with Crippen molar-refractivity contribution in [3.8, 4) is 0 Å². The Morgan fingerprint density at radius 3 is 2.74 bits per heavy atom. The van der Waals surface area contributed by atoms with Crippen molar-refractivity contribution >= 4 is 28.6 Å². The molecule has 3 saturated heterocycles. The Balaban J connectivity index is 1.84. The summed E-state index contributed by atoms with van der Waals surface area (Å²) in [5, 5.41) is 0.714. The van der Waals surface area contributed by atoms with Gasteiger partial charge in [-0.05, 0) is 50.0 Å². The predicted molar refractivity (Wildman–Crippen MR) is 77.4 cm³/mol. The molecule has 3 fully saturated rings. The van der Waals surface area contributed by atoms with Crippen LogP contribution in [0.3, 0.4) is 0 Å². The number of hydrogen-bond donors (Lipinski definition) is 1. The van der Waals surface area contributed by atoms with Crippen LogP contribution < -0.4 is 5.73 Å². The minimum Gasteiger partial charge on any atom is -0.369 e. The van der Waals surface area contributed by atoms with Crippen molar-refractivity contribution in [2.24, 2.45) is 5.92 Å². The van der Waals surface area contributed by atoms with Crippen LogP contribution in [0.5, 0.6) is 0 Å². The summed E-state index contributed by atoms with van der Waals surface area (Å²) in [6.45, 7) is 3.57. The molecule has 5 heteroatoms. The number of halogens is 1. The number of nitrogens with two attached hydrogens (primary N) is 1. The van der Waals surface area contributed by atoms with E-state index in [1.165, 1.54) is 25.9 Å². The minimum atomic E-state index is 0.466. The highest BCUT2D eigenvalue weighted by molar-refractivity contribution is 6.31. The molecule has 1 aromatic heterocycles. The molecule has 0 aliphatic carbocycles. The molecule has 2 N–H and O–H groups in total. The van der Waals surface area contributed by atoms with Crippen molar-refractivity contribution in [2.45, 2.75) is 18.9 Å². The third kappa shape index (κ3) is 1.74. The number of fused-ring (bicyclic) bond motifs is 4. The van der Waals surface area contributed by atoms with Crippen molar-refractivity contribution < 1.29 is 0 Å². The summed E-state index contributed by atoms with van der Waals surface area (Å²) in [4.78, 5) is 7.00. The lowest BCUT2D eigenvalue weighted by molar-refractivity contribution is 0.0598. The first-order valence-electron chi connectivity index (χ1n) is 6.88. The van der Waals surface area contributed by atoms with E-state index in [-0.39, 0.29) is 0 Å². The molecule has 0 saturated carbocycles. The summed E-state index contributed by atoms with van der Waals surface area (Å²) >= 11 is 6.03. The zero-order chi connectivity index (χ0) is 13.0. The molecule has 19 heavy (non-hydrogen) atoms. The number of nitrogen functional groups attached to an aromatic ring is 1. The largest absolute Gasteiger partial charge is 0.369 e. The van der Waals surface area contributed by atoms with Crippen molar-refractivity contribution in [3.05, 3.63) is 23.2 Å². The Hall–Kier alpha value is -1.26. The number of rotatable bonds is 1. The number of benzene rings is 1. The Morgan fingerprint density at radius 2 is 2.05 bits per heavy atom. The van der Waals surface area contributed by atoms with Crippen molar-refractivity contribution in [1.82, 2.24) is 14.5 Å². The maximum absolute atomic E-state index is 6.16. The van der Waals surface area contributed by atoms with E-state index in [4.69, 9.17) is 17.3 Å². The van der Waals surface area contributed by atoms with E-state index in [9.17, 15) is 0 Å². The topological polar surface area (TPSA) is 47.1 Å². The van der Waals surface area contributed by atoms with Crippen LogP contribution in [0, 0.1) is 5.92 Å². The molecule has 1 atom stereocenters. The molecule has 3 aliphatic rings. The standard InChI is InChI=1S/C14H17ClN4/c15-10-1-2-12-11(7-10)17-14(16)19(12)13-8-18-5-3-9(13)4-6-18/h1-2,7,9,13H,3-6,8H2,(H2,16,17). The van der Waals surface area contributed by atoms with Gasteiger partial charge in [0, 0.05) is 11.6 Å². The smallest absolute Gasteiger partial charge is 0.201 e. The van der Waals surface area contributed by atoms with Gasteiger partial charge in [0.25, 0.3) is 0 Å². The van der Waals surface area contributed by atoms with Crippen LogP contribution in [0.1, 0.15) is 18.9 Å². The third-order valence-electron chi connectivity index (χ3n) is 4.63. The molecule has 1 unspecified atom stereocenters. The fourth-order valence-corrected chi connectivity index (χ4v) is 3.83. The van der Waals surface area contributed by atoms with E-state index >= 15 is 0 Å². The predicted octanol–water partition coefficient (Wildman–Crippen LogP) is 2.54. The van der Waals surface area contributed by atoms with Gasteiger partial charge in [0.1, 0.15) is 0 Å². The third-order valence-corrected chi connectivity index (χ3v) is 4.87. The normalized spacial score (nSPS) is 30.1. The van der Waals surface area contributed by atoms with E-state index in [1.54, 1.807) is 0 Å². The summed E-state index contributed by atoms with van der Waals surface area (Å²) < 4.78 is 2.22. The summed E-state index contributed by atoms with van der Waals surface area (Å²) in [5.74, 6) is 1.36. The molecular formula is C14H17ClN4. The van der Waals surface area contributed by atoms with Gasteiger partial charge in [0.2, 0.25) is 5.95 Å². The van der Waals surface area contributed by atoms with E-state index in [2.05, 4.69) is 14.5 Å². The van der Waals surface area contributed by atoms with Gasteiger partial charge in [-0.15, -0.1) is 0 Å². The molecule has 1 aromatic carbocycles. The maximum Gasteiger partial charge on any atom is 0.201 e. The van der Waals surface area contributed by atoms with Gasteiger partial charge in [-0.1, -0.05) is 11.6 Å². The molecule has 0 spiro atoms. The molecule has 100 valence electrons. The zero-order valence-electron chi connectivity index (χ0n) is 10.7. The molecular weight excluding hydrogens is 260 g/mol. The highest BCUT2D eigenvalue weighted by atomic mass is 35.5. The van der Waals surface area contributed by atoms with Crippen LogP contribution >= 0.6 is 11.6 Å². The number of imidazole rings is 1. The Labute approximate surface area is 117 Å². The first-order chi connectivity index (χ1) is 9.22. The van der Waals surface area contributed by atoms with Gasteiger partial charge < -0.3 is 15.2 Å². The Kier molecular flexibility index (Phi) is 2.50. The number of hydrogen-bond acceptors (Lipinski definition) is 3. The lowest BCUT2D eigenvalue weighted by Crippen LogP contribution is -2.48. The van der Waals surface area contributed by atoms with Crippen LogP contribution in [0.25, 0.3) is 11.0 Å². The van der Waals surface area contributed by atoms with E-state index in [1.807, 2.05) is 18.2 Å². The molecule has 5 rings (SSSR count). The Morgan fingerprint density at radius 1 is 1.26 bits per heavy atom. The van der Waals surface area contributed by atoms with Gasteiger partial charge in [-0.25, -0.2) is 4.98 Å². The van der Waals surface area contributed by atoms with Crippen molar-refractivity contribution in [3.63, 3.8) is 0 Å². The van der Waals surface area contributed by atoms with Crippen molar-refractivity contribution in [1.29, 1.82) is 0 Å². The second-order valence-electron chi connectivity index (χ2n) is 5.68. The minimum absolute atomic E-state index is 0.466. The summed E-state index contributed by atoms with van der Waals surface area (Å²) in [7, 11) is 0. The van der Waals surface area contributed by atoms with Crippen LogP contribution in [0.4, 0.5) is 5.95 Å². The monoisotopic (exact) mass is 276 g/mol. The number of nitrogens with zero attached hydrogens (tertiary/aromatic N) is 3. The van der Waals surface area contributed by atoms with Gasteiger partial charge in [0.05, 0.1) is 17.1 Å². The lowest BCUT2D eigenvalue weighted by Gasteiger charge is -2.45. The second kappa shape index (κ2) is 4.12. The van der Waals surface area contributed by atoms with E-state index < -0.39 is 0 Å². The van der Waals surface area contributed by atoms with Gasteiger partial charge in [-0.2, -0.15) is 0 Å². The zero-order valence-corrected chi connectivity index (χ0v) is 11.5. The first-order valence-corrected chi connectivity index (χ1v) is 7.25. The number of piperidine rings is 3. The number of anilines is 1. The molecule has 3 aliphatic heterocycles. The maximum atomic E-state index is 6.16. The molecule has 4 nitrogen and oxygen atoms in total. The first kappa shape index (κ1) is 11.6. The quantitative estimate of drug-likeness (QED) is 0.871. The molecule has 2 aromatic rings. The van der Waals surface area contributed by atoms with Crippen molar-refractivity contribution in [2.75, 3.05) is 25.4 Å². The van der Waals surface area contributed by atoms with Crippen LogP contribution in [0.15, 0.2) is 18.2 Å². The van der Waals surface area contributed by atoms with Gasteiger partial charge in [0.15, 0.2) is 0 Å². The SMILES string of the molecule is Nc1nc2cc(Cl)ccc2n1C1CN2CCC1CC2. The molecule has 2 bridgehead atoms. The van der Waals surface area contributed by atoms with Gasteiger partial charge in [-0.3, -0.25) is 0 Å². The number of aromatic nitrogens is 2. The highest BCUT2D eigenvalue weighted by Gasteiger charge is 2.36. The van der Waals surface area contributed by atoms with Gasteiger partial charge >= 0.3 is 0 Å². The fraction of sp³-hybridized carbons (Fsp3) is 0.500. The molecule has 4 heterocycles.